The number of nitrogens with one attached hydrogen (secondary N) is 4. The lowest BCUT2D eigenvalue weighted by Crippen LogP contribution is -2.34. The molecule has 0 bridgehead atoms. The van der Waals surface area contributed by atoms with E-state index >= 15 is 0 Å². The zero-order valence-corrected chi connectivity index (χ0v) is 33.2. The van der Waals surface area contributed by atoms with Crippen molar-refractivity contribution >= 4 is 5.71 Å². The summed E-state index contributed by atoms with van der Waals surface area (Å²) < 4.78 is 0. The van der Waals surface area contributed by atoms with E-state index in [1.165, 1.54) is 27.8 Å². The zero-order chi connectivity index (χ0) is 39.7. The quantitative estimate of drug-likeness (QED) is 0.0783. The molecule has 1 heterocycles. The Labute approximate surface area is 321 Å². The molecule has 2 aromatic carbocycles. The third-order valence-corrected chi connectivity index (χ3v) is 8.99. The SMILES string of the molecule is C#C.C=C(C)C.C=C(CC)NCc1ccc([C@H](CCC)NC(=C)C2=NC(=C)N(C)C(C(=C)NCc3cccc(CCNC4=C(N)C(=C)C4C)c3)=C2)cc1. The normalized spacial score (nSPS) is 15.2. The minimum Gasteiger partial charge on any atom is -0.397 e. The van der Waals surface area contributed by atoms with Crippen LogP contribution >= 0.6 is 0 Å². The van der Waals surface area contributed by atoms with Crippen molar-refractivity contribution in [2.24, 2.45) is 16.6 Å². The summed E-state index contributed by atoms with van der Waals surface area (Å²) in [5.41, 5.74) is 19.3. The maximum atomic E-state index is 6.08. The fraction of sp³-hybridized carbons (Fsp3) is 0.326. The smallest absolute Gasteiger partial charge is 0.126 e. The molecule has 4 rings (SSSR count). The lowest BCUT2D eigenvalue weighted by molar-refractivity contribution is 0.507. The molecule has 0 radical (unpaired) electrons. The van der Waals surface area contributed by atoms with E-state index in [-0.39, 0.29) is 6.04 Å². The zero-order valence-electron chi connectivity index (χ0n) is 33.2. The predicted octanol–water partition coefficient (Wildman–Crippen LogP) is 9.03. The Morgan fingerprint density at radius 1 is 0.925 bits per heavy atom. The number of nitrogens with zero attached hydrogens (tertiary/aromatic N) is 2. The average molecular weight is 714 g/mol. The van der Waals surface area contributed by atoms with Crippen molar-refractivity contribution < 1.29 is 0 Å². The Bertz CT molecular complexity index is 1740. The van der Waals surface area contributed by atoms with Gasteiger partial charge in [0.05, 0.1) is 34.5 Å². The number of hydrogen-bond acceptors (Lipinski definition) is 7. The van der Waals surface area contributed by atoms with Crippen molar-refractivity contribution in [1.29, 1.82) is 0 Å². The van der Waals surface area contributed by atoms with E-state index in [2.05, 4.69) is 143 Å². The van der Waals surface area contributed by atoms with Gasteiger partial charge in [0.1, 0.15) is 5.82 Å². The highest BCUT2D eigenvalue weighted by Crippen LogP contribution is 2.33. The number of hydrogen-bond donors (Lipinski definition) is 5. The van der Waals surface area contributed by atoms with Gasteiger partial charge in [0, 0.05) is 44.0 Å². The topological polar surface area (TPSA) is 89.7 Å². The second-order valence-corrected chi connectivity index (χ2v) is 13.6. The first kappa shape index (κ1) is 43.6. The largest absolute Gasteiger partial charge is 0.397 e. The van der Waals surface area contributed by atoms with Gasteiger partial charge in [-0.25, -0.2) is 4.99 Å². The van der Waals surface area contributed by atoms with E-state index in [1.54, 1.807) is 0 Å². The molecule has 2 atom stereocenters. The van der Waals surface area contributed by atoms with Crippen molar-refractivity contribution in [2.75, 3.05) is 13.6 Å². The summed E-state index contributed by atoms with van der Waals surface area (Å²) in [5, 5.41) is 14.0. The monoisotopic (exact) mass is 714 g/mol. The summed E-state index contributed by atoms with van der Waals surface area (Å²) in [6, 6.07) is 17.5. The number of allylic oxidation sites excluding steroid dienone is 5. The molecular weight excluding hydrogens is 651 g/mol. The molecule has 7 nitrogen and oxygen atoms in total. The summed E-state index contributed by atoms with van der Waals surface area (Å²) in [4.78, 5) is 6.72. The van der Waals surface area contributed by atoms with Gasteiger partial charge in [-0.2, -0.15) is 0 Å². The van der Waals surface area contributed by atoms with Gasteiger partial charge in [0.25, 0.3) is 0 Å². The van der Waals surface area contributed by atoms with Crippen molar-refractivity contribution in [3.63, 3.8) is 0 Å². The molecule has 2 aromatic rings. The predicted molar refractivity (Wildman–Crippen MR) is 229 cm³/mol. The van der Waals surface area contributed by atoms with Crippen LogP contribution in [-0.2, 0) is 19.5 Å². The molecule has 7 heteroatoms. The summed E-state index contributed by atoms with van der Waals surface area (Å²) in [6.07, 6.45) is 13.9. The molecule has 53 heavy (non-hydrogen) atoms. The maximum Gasteiger partial charge on any atom is 0.126 e. The molecule has 1 unspecified atom stereocenters. The van der Waals surface area contributed by atoms with Crippen LogP contribution in [0.15, 0.2) is 150 Å². The lowest BCUT2D eigenvalue weighted by atomic mass is 9.83. The van der Waals surface area contributed by atoms with Gasteiger partial charge < -0.3 is 31.9 Å². The molecule has 0 aromatic heterocycles. The number of rotatable bonds is 18. The number of likely N-dealkylation sites (N-methyl/N-ethyl adjacent to an activating group) is 1. The van der Waals surface area contributed by atoms with E-state index in [0.29, 0.717) is 18.3 Å². The first-order valence-electron chi connectivity index (χ1n) is 18.3. The van der Waals surface area contributed by atoms with Crippen molar-refractivity contribution in [2.45, 2.75) is 79.4 Å². The van der Waals surface area contributed by atoms with Crippen LogP contribution in [0.25, 0.3) is 0 Å². The highest BCUT2D eigenvalue weighted by molar-refractivity contribution is 6.09. The fourth-order valence-corrected chi connectivity index (χ4v) is 5.69. The molecule has 1 aliphatic heterocycles. The lowest BCUT2D eigenvalue weighted by Gasteiger charge is -2.32. The van der Waals surface area contributed by atoms with Crippen molar-refractivity contribution in [3.05, 3.63) is 167 Å². The van der Waals surface area contributed by atoms with Gasteiger partial charge in [-0.3, -0.25) is 0 Å². The van der Waals surface area contributed by atoms with Gasteiger partial charge in [0.15, 0.2) is 0 Å². The van der Waals surface area contributed by atoms with Crippen LogP contribution in [0.3, 0.4) is 0 Å². The van der Waals surface area contributed by atoms with Crippen LogP contribution in [0, 0.1) is 18.8 Å². The van der Waals surface area contributed by atoms with E-state index < -0.39 is 0 Å². The molecule has 0 saturated heterocycles. The van der Waals surface area contributed by atoms with Crippen molar-refractivity contribution in [1.82, 2.24) is 26.2 Å². The third kappa shape index (κ3) is 13.1. The Morgan fingerprint density at radius 3 is 2.15 bits per heavy atom. The van der Waals surface area contributed by atoms with Crippen molar-refractivity contribution in [3.8, 4) is 12.8 Å². The second kappa shape index (κ2) is 21.7. The molecule has 2 aliphatic rings. The highest BCUT2D eigenvalue weighted by Gasteiger charge is 2.27. The molecule has 0 spiro atoms. The van der Waals surface area contributed by atoms with E-state index in [1.807, 2.05) is 31.9 Å². The number of nitrogens with two attached hydrogens (primary N) is 1. The Balaban J connectivity index is 0.00000151. The molecular formula is C46H63N7. The van der Waals surface area contributed by atoms with Gasteiger partial charge in [-0.05, 0) is 67.0 Å². The first-order valence-corrected chi connectivity index (χ1v) is 18.3. The summed E-state index contributed by atoms with van der Waals surface area (Å²) in [5.74, 6) is 0.948. The van der Waals surface area contributed by atoms with Gasteiger partial charge in [0.2, 0.25) is 0 Å². The first-order chi connectivity index (χ1) is 25.2. The minimum atomic E-state index is 0.113. The maximum absolute atomic E-state index is 6.08. The molecule has 1 aliphatic carbocycles. The van der Waals surface area contributed by atoms with E-state index in [0.717, 1.165) is 84.2 Å². The molecule has 6 N–H and O–H groups in total. The van der Waals surface area contributed by atoms with Crippen LogP contribution in [-0.4, -0.2) is 24.2 Å². The molecule has 0 fully saturated rings. The second-order valence-electron chi connectivity index (χ2n) is 13.6. The van der Waals surface area contributed by atoms with Gasteiger partial charge in [-0.1, -0.05) is 114 Å². The van der Waals surface area contributed by atoms with Crippen LogP contribution < -0.4 is 27.0 Å². The van der Waals surface area contributed by atoms with E-state index in [9.17, 15) is 0 Å². The fourth-order valence-electron chi connectivity index (χ4n) is 5.69. The van der Waals surface area contributed by atoms with Gasteiger partial charge in [-0.15, -0.1) is 19.4 Å². The van der Waals surface area contributed by atoms with E-state index in [4.69, 9.17) is 10.7 Å². The van der Waals surface area contributed by atoms with Crippen LogP contribution in [0.2, 0.25) is 0 Å². The summed E-state index contributed by atoms with van der Waals surface area (Å²) in [6.45, 7) is 37.2. The Morgan fingerprint density at radius 2 is 1.55 bits per heavy atom. The molecule has 282 valence electrons. The number of aliphatic imine (C=N–C) groups is 1. The van der Waals surface area contributed by atoms with Crippen LogP contribution in [0.1, 0.15) is 82.2 Å². The van der Waals surface area contributed by atoms with Gasteiger partial charge >= 0.3 is 0 Å². The third-order valence-electron chi connectivity index (χ3n) is 8.99. The standard InChI is InChI=1S/C40H53N7.C4H8.C2H2/c1-10-13-36(35-18-16-33(17-19-35)24-43-26(3)11-2)45-29(6)37-23-38(47(9)31(8)46-37)30(7)44-25-34-15-12-14-32(22-34)20-21-42-40-28(5)27(4)39(40)41;1-4(2)3;1-2/h12,14-19,22-23,28,36,42-45H,3-4,6-8,10-11,13,20-21,24-25,41H2,1-2,5,9H3;1H2,2-3H3;1-2H/t28?,36-;;/m0../s1. The summed E-state index contributed by atoms with van der Waals surface area (Å²) in [7, 11) is 1.96. The average Bonchev–Trinajstić information content (AvgIpc) is 3.15. The Hall–Kier alpha value is -5.61. The minimum absolute atomic E-state index is 0.113. The van der Waals surface area contributed by atoms with Crippen LogP contribution in [0.5, 0.6) is 0 Å². The summed E-state index contributed by atoms with van der Waals surface area (Å²) >= 11 is 0. The molecule has 0 amide bonds. The van der Waals surface area contributed by atoms with Crippen LogP contribution in [0.4, 0.5) is 0 Å². The highest BCUT2D eigenvalue weighted by atomic mass is 15.2. The Kier molecular flexibility index (Phi) is 17.8. The molecule has 0 saturated carbocycles. The number of terminal acetylenes is 1. The number of benzene rings is 2.